The van der Waals surface area contributed by atoms with Gasteiger partial charge in [-0.05, 0) is 5.56 Å². The van der Waals surface area contributed by atoms with Crippen LogP contribution in [0.25, 0.3) is 0 Å². The molecule has 6 heteroatoms. The van der Waals surface area contributed by atoms with Crippen molar-refractivity contribution < 1.29 is 14.6 Å². The Morgan fingerprint density at radius 2 is 2.19 bits per heavy atom. The third-order valence-electron chi connectivity index (χ3n) is 2.86. The molecule has 2 N–H and O–H groups in total. The Morgan fingerprint density at radius 3 is 2.90 bits per heavy atom. The molecule has 1 heterocycles. The van der Waals surface area contributed by atoms with Gasteiger partial charge in [-0.15, -0.1) is 11.3 Å². The predicted octanol–water partition coefficient (Wildman–Crippen LogP) is 1.62. The fraction of sp³-hybridized carbons (Fsp3) is 0.333. The van der Waals surface area contributed by atoms with Crippen LogP contribution in [0.3, 0.4) is 0 Å². The smallest absolute Gasteiger partial charge is 0.270 e. The number of rotatable bonds is 7. The molecule has 0 bridgehead atoms. The molecule has 2 aromatic rings. The molecule has 0 radical (unpaired) electrons. The van der Waals surface area contributed by atoms with Crippen molar-refractivity contribution in [1.29, 1.82) is 0 Å². The van der Waals surface area contributed by atoms with Gasteiger partial charge in [0.1, 0.15) is 10.7 Å². The van der Waals surface area contributed by atoms with Crippen molar-refractivity contribution in [3.05, 3.63) is 52.0 Å². The summed E-state index contributed by atoms with van der Waals surface area (Å²) in [6.45, 7) is 0.597. The van der Waals surface area contributed by atoms with Crippen molar-refractivity contribution in [1.82, 2.24) is 10.3 Å². The molecule has 21 heavy (non-hydrogen) atoms. The Hall–Kier alpha value is -1.76. The van der Waals surface area contributed by atoms with E-state index in [0.717, 1.165) is 10.6 Å². The van der Waals surface area contributed by atoms with E-state index in [9.17, 15) is 9.90 Å². The van der Waals surface area contributed by atoms with Crippen LogP contribution in [0.4, 0.5) is 0 Å². The number of aromatic nitrogens is 1. The van der Waals surface area contributed by atoms with Crippen molar-refractivity contribution in [3.63, 3.8) is 0 Å². The maximum Gasteiger partial charge on any atom is 0.270 e. The summed E-state index contributed by atoms with van der Waals surface area (Å²) in [5, 5.41) is 15.1. The molecule has 1 amide bonds. The zero-order valence-electron chi connectivity index (χ0n) is 11.8. The molecule has 0 spiro atoms. The number of amides is 1. The SMILES string of the molecule is COCc1nc(C(=O)NCC(O)Cc2ccccc2)cs1. The maximum absolute atomic E-state index is 11.9. The van der Waals surface area contributed by atoms with Gasteiger partial charge in [0.15, 0.2) is 0 Å². The second kappa shape index (κ2) is 7.87. The Balaban J connectivity index is 1.80. The number of benzene rings is 1. The Kier molecular flexibility index (Phi) is 5.86. The van der Waals surface area contributed by atoms with Gasteiger partial charge in [-0.3, -0.25) is 4.79 Å². The lowest BCUT2D eigenvalue weighted by molar-refractivity contribution is 0.0911. The average molecular weight is 306 g/mol. The minimum absolute atomic E-state index is 0.199. The van der Waals surface area contributed by atoms with Crippen molar-refractivity contribution in [2.24, 2.45) is 0 Å². The van der Waals surface area contributed by atoms with Gasteiger partial charge in [0, 0.05) is 25.5 Å². The molecule has 0 aliphatic rings. The van der Waals surface area contributed by atoms with E-state index in [2.05, 4.69) is 10.3 Å². The van der Waals surface area contributed by atoms with Gasteiger partial charge in [-0.1, -0.05) is 30.3 Å². The number of aliphatic hydroxyl groups is 1. The molecule has 0 aliphatic carbocycles. The Bertz CT molecular complexity index is 571. The number of carbonyl (C=O) groups is 1. The summed E-state index contributed by atoms with van der Waals surface area (Å²) >= 11 is 1.38. The molecule has 0 saturated carbocycles. The zero-order chi connectivity index (χ0) is 15.1. The lowest BCUT2D eigenvalue weighted by atomic mass is 10.1. The van der Waals surface area contributed by atoms with E-state index < -0.39 is 6.10 Å². The molecule has 112 valence electrons. The molecule has 1 unspecified atom stereocenters. The van der Waals surface area contributed by atoms with E-state index in [4.69, 9.17) is 4.74 Å². The normalized spacial score (nSPS) is 12.1. The topological polar surface area (TPSA) is 71.5 Å². The Morgan fingerprint density at radius 1 is 1.43 bits per heavy atom. The zero-order valence-corrected chi connectivity index (χ0v) is 12.6. The summed E-state index contributed by atoms with van der Waals surface area (Å²) in [4.78, 5) is 16.1. The second-order valence-corrected chi connectivity index (χ2v) is 5.56. The largest absolute Gasteiger partial charge is 0.391 e. The van der Waals surface area contributed by atoms with E-state index in [1.54, 1.807) is 12.5 Å². The fourth-order valence-electron chi connectivity index (χ4n) is 1.86. The molecular formula is C15H18N2O3S. The highest BCUT2D eigenvalue weighted by molar-refractivity contribution is 7.09. The maximum atomic E-state index is 11.9. The third kappa shape index (κ3) is 4.93. The van der Waals surface area contributed by atoms with Gasteiger partial charge >= 0.3 is 0 Å². The standard InChI is InChI=1S/C15H18N2O3S/c1-20-9-14-17-13(10-21-14)15(19)16-8-12(18)7-11-5-3-2-4-6-11/h2-6,10,12,18H,7-9H2,1H3,(H,16,19). The second-order valence-electron chi connectivity index (χ2n) is 4.61. The van der Waals surface area contributed by atoms with Crippen LogP contribution < -0.4 is 5.32 Å². The van der Waals surface area contributed by atoms with Crippen molar-refractivity contribution in [3.8, 4) is 0 Å². The van der Waals surface area contributed by atoms with Crippen LogP contribution in [0, 0.1) is 0 Å². The van der Waals surface area contributed by atoms with Gasteiger partial charge in [-0.2, -0.15) is 0 Å². The van der Waals surface area contributed by atoms with Crippen molar-refractivity contribution in [2.45, 2.75) is 19.1 Å². The first-order chi connectivity index (χ1) is 10.2. The minimum Gasteiger partial charge on any atom is -0.391 e. The van der Waals surface area contributed by atoms with E-state index in [1.165, 1.54) is 11.3 Å². The predicted molar refractivity (Wildman–Crippen MR) is 81.3 cm³/mol. The van der Waals surface area contributed by atoms with Crippen LogP contribution >= 0.6 is 11.3 Å². The quantitative estimate of drug-likeness (QED) is 0.815. The third-order valence-corrected chi connectivity index (χ3v) is 3.69. The number of ether oxygens (including phenoxy) is 1. The highest BCUT2D eigenvalue weighted by Gasteiger charge is 2.12. The van der Waals surface area contributed by atoms with Crippen LogP contribution in [0.2, 0.25) is 0 Å². The first kappa shape index (κ1) is 15.6. The molecule has 0 aliphatic heterocycles. The van der Waals surface area contributed by atoms with Crippen molar-refractivity contribution in [2.75, 3.05) is 13.7 Å². The lowest BCUT2D eigenvalue weighted by Crippen LogP contribution is -2.33. The van der Waals surface area contributed by atoms with Gasteiger partial charge in [0.2, 0.25) is 0 Å². The number of nitrogens with zero attached hydrogens (tertiary/aromatic N) is 1. The lowest BCUT2D eigenvalue weighted by Gasteiger charge is -2.11. The van der Waals surface area contributed by atoms with E-state index in [1.807, 2.05) is 30.3 Å². The van der Waals surface area contributed by atoms with E-state index in [0.29, 0.717) is 18.7 Å². The highest BCUT2D eigenvalue weighted by Crippen LogP contribution is 2.10. The number of thiazole rings is 1. The van der Waals surface area contributed by atoms with Crippen LogP contribution in [-0.2, 0) is 17.8 Å². The van der Waals surface area contributed by atoms with Gasteiger partial charge < -0.3 is 15.2 Å². The number of methoxy groups -OCH3 is 1. The number of carbonyl (C=O) groups excluding carboxylic acids is 1. The monoisotopic (exact) mass is 306 g/mol. The average Bonchev–Trinajstić information content (AvgIpc) is 2.95. The summed E-state index contributed by atoms with van der Waals surface area (Å²) in [6.07, 6.45) is -0.110. The molecule has 1 aromatic heterocycles. The van der Waals surface area contributed by atoms with Crippen LogP contribution in [-0.4, -0.2) is 35.8 Å². The summed E-state index contributed by atoms with van der Waals surface area (Å²) < 4.78 is 4.96. The van der Waals surface area contributed by atoms with Crippen molar-refractivity contribution >= 4 is 17.2 Å². The number of hydrogen-bond acceptors (Lipinski definition) is 5. The molecule has 0 fully saturated rings. The summed E-state index contributed by atoms with van der Waals surface area (Å²) in [7, 11) is 1.58. The fourth-order valence-corrected chi connectivity index (χ4v) is 2.61. The number of aliphatic hydroxyl groups excluding tert-OH is 1. The summed E-state index contributed by atoms with van der Waals surface area (Å²) in [5.74, 6) is -0.277. The molecule has 0 saturated heterocycles. The summed E-state index contributed by atoms with van der Waals surface area (Å²) in [5.41, 5.74) is 1.40. The Labute approximate surface area is 127 Å². The molecule has 2 rings (SSSR count). The number of hydrogen-bond donors (Lipinski definition) is 2. The van der Waals surface area contributed by atoms with Crippen LogP contribution in [0.1, 0.15) is 21.1 Å². The summed E-state index contributed by atoms with van der Waals surface area (Å²) in [6, 6.07) is 9.67. The van der Waals surface area contributed by atoms with Gasteiger partial charge in [0.25, 0.3) is 5.91 Å². The molecular weight excluding hydrogens is 288 g/mol. The van der Waals surface area contributed by atoms with E-state index >= 15 is 0 Å². The first-order valence-corrected chi connectivity index (χ1v) is 7.50. The molecule has 5 nitrogen and oxygen atoms in total. The van der Waals surface area contributed by atoms with Gasteiger partial charge in [0.05, 0.1) is 12.7 Å². The highest BCUT2D eigenvalue weighted by atomic mass is 32.1. The minimum atomic E-state index is -0.617. The molecule has 1 aromatic carbocycles. The molecule has 1 atom stereocenters. The van der Waals surface area contributed by atoms with Gasteiger partial charge in [-0.25, -0.2) is 4.98 Å². The number of nitrogens with one attached hydrogen (secondary N) is 1. The van der Waals surface area contributed by atoms with E-state index in [-0.39, 0.29) is 12.5 Å². The first-order valence-electron chi connectivity index (χ1n) is 6.62. The van der Waals surface area contributed by atoms with Crippen LogP contribution in [0.15, 0.2) is 35.7 Å². The van der Waals surface area contributed by atoms with Crippen LogP contribution in [0.5, 0.6) is 0 Å².